The fourth-order valence-corrected chi connectivity index (χ4v) is 7.42. The Morgan fingerprint density at radius 1 is 1.02 bits per heavy atom. The summed E-state index contributed by atoms with van der Waals surface area (Å²) in [6.45, 7) is 8.42. The normalized spacial score (nSPS) is 20.2. The molecule has 2 amide bonds. The van der Waals surface area contributed by atoms with Gasteiger partial charge in [-0.15, -0.1) is 0 Å². The highest BCUT2D eigenvalue weighted by Crippen LogP contribution is 2.45. The van der Waals surface area contributed by atoms with Crippen molar-refractivity contribution in [3.05, 3.63) is 66.9 Å². The van der Waals surface area contributed by atoms with Crippen LogP contribution in [0.1, 0.15) is 64.0 Å². The van der Waals surface area contributed by atoms with E-state index in [9.17, 15) is 9.59 Å². The Kier molecular flexibility index (Phi) is 8.89. The molecule has 40 heavy (non-hydrogen) atoms. The van der Waals surface area contributed by atoms with Crippen LogP contribution in [0, 0.1) is 11.8 Å². The van der Waals surface area contributed by atoms with Crippen molar-refractivity contribution >= 4 is 67.1 Å². The number of ether oxygens (including phenoxy) is 1. The number of carbonyl (C=O) groups excluding carboxylic acids is 2. The van der Waals surface area contributed by atoms with E-state index in [1.807, 2.05) is 44.0 Å². The number of carbonyl (C=O) groups is 2. The van der Waals surface area contributed by atoms with Gasteiger partial charge in [0.1, 0.15) is 5.60 Å². The van der Waals surface area contributed by atoms with Crippen molar-refractivity contribution in [2.75, 3.05) is 26.2 Å². The van der Waals surface area contributed by atoms with Gasteiger partial charge in [-0.05, 0) is 109 Å². The molecule has 6 nitrogen and oxygen atoms in total. The quantitative estimate of drug-likeness (QED) is 0.350. The van der Waals surface area contributed by atoms with Crippen molar-refractivity contribution in [2.45, 2.75) is 58.5 Å². The Balaban J connectivity index is 1.24. The summed E-state index contributed by atoms with van der Waals surface area (Å²) >= 11 is 13.8. The molecule has 214 valence electrons. The molecule has 0 unspecified atom stereocenters. The molecular weight excluding hydrogens is 658 g/mol. The Hall–Kier alpha value is -2.03. The minimum atomic E-state index is -0.496. The topological polar surface area (TPSA) is 61.9 Å². The number of halogens is 3. The highest BCUT2D eigenvalue weighted by Gasteiger charge is 2.33. The lowest BCUT2D eigenvalue weighted by atomic mass is 9.81. The van der Waals surface area contributed by atoms with Crippen LogP contribution in [0.15, 0.2) is 50.7 Å². The number of rotatable bonds is 3. The zero-order chi connectivity index (χ0) is 28.6. The summed E-state index contributed by atoms with van der Waals surface area (Å²) in [4.78, 5) is 29.5. The summed E-state index contributed by atoms with van der Waals surface area (Å²) in [5.41, 5.74) is 5.27. The van der Waals surface area contributed by atoms with Crippen molar-refractivity contribution in [1.29, 1.82) is 0 Å². The van der Waals surface area contributed by atoms with Gasteiger partial charge in [0.25, 0.3) is 0 Å². The van der Waals surface area contributed by atoms with Gasteiger partial charge in [0, 0.05) is 64.0 Å². The molecule has 2 saturated heterocycles. The molecule has 0 spiro atoms. The SMILES string of the molecule is CC(C)(C)OC(=O)N1CCC(CC(=O)N2CCC(C3=C4NC=C(Br)C=C4C=Cc4cc(Cl)cc(Br)c43)CC2)CC1. The second-order valence-electron chi connectivity index (χ2n) is 12.0. The van der Waals surface area contributed by atoms with Crippen LogP contribution in [0.2, 0.25) is 5.02 Å². The number of benzene rings is 1. The second kappa shape index (κ2) is 12.1. The predicted octanol–water partition coefficient (Wildman–Crippen LogP) is 7.88. The predicted molar refractivity (Wildman–Crippen MR) is 168 cm³/mol. The van der Waals surface area contributed by atoms with E-state index in [2.05, 4.69) is 55.4 Å². The maximum Gasteiger partial charge on any atom is 0.410 e. The average molecular weight is 694 g/mol. The number of likely N-dealkylation sites (tertiary alicyclic amines) is 2. The number of allylic oxidation sites excluding steroid dienone is 4. The van der Waals surface area contributed by atoms with Crippen LogP contribution in [0.4, 0.5) is 4.79 Å². The van der Waals surface area contributed by atoms with Crippen LogP contribution in [-0.2, 0) is 9.53 Å². The first-order chi connectivity index (χ1) is 19.0. The van der Waals surface area contributed by atoms with Crippen LogP contribution < -0.4 is 5.32 Å². The molecule has 1 aromatic carbocycles. The molecule has 0 radical (unpaired) electrons. The molecule has 0 saturated carbocycles. The molecule has 2 fully saturated rings. The first-order valence-corrected chi connectivity index (χ1v) is 16.0. The highest BCUT2D eigenvalue weighted by molar-refractivity contribution is 9.12. The van der Waals surface area contributed by atoms with Gasteiger partial charge in [-0.25, -0.2) is 4.79 Å². The van der Waals surface area contributed by atoms with Crippen LogP contribution in [-0.4, -0.2) is 53.6 Å². The second-order valence-corrected chi connectivity index (χ2v) is 14.2. The van der Waals surface area contributed by atoms with E-state index >= 15 is 0 Å². The molecule has 3 heterocycles. The molecule has 1 N–H and O–H groups in total. The fraction of sp³-hybridized carbons (Fsp3) is 0.484. The van der Waals surface area contributed by atoms with Crippen LogP contribution in [0.3, 0.4) is 0 Å². The first-order valence-electron chi connectivity index (χ1n) is 14.0. The smallest absolute Gasteiger partial charge is 0.410 e. The fourth-order valence-electron chi connectivity index (χ4n) is 6.01. The third kappa shape index (κ3) is 6.71. The van der Waals surface area contributed by atoms with Gasteiger partial charge in [-0.1, -0.05) is 39.7 Å². The lowest BCUT2D eigenvalue weighted by molar-refractivity contribution is -0.133. The number of amides is 2. The lowest BCUT2D eigenvalue weighted by Crippen LogP contribution is -2.43. The Morgan fingerprint density at radius 3 is 2.38 bits per heavy atom. The molecule has 0 aromatic heterocycles. The molecule has 1 aromatic rings. The molecule has 9 heteroatoms. The molecule has 1 aliphatic carbocycles. The summed E-state index contributed by atoms with van der Waals surface area (Å²) in [7, 11) is 0. The molecule has 0 atom stereocenters. The van der Waals surface area contributed by atoms with Crippen molar-refractivity contribution in [2.24, 2.45) is 11.8 Å². The Labute approximate surface area is 258 Å². The summed E-state index contributed by atoms with van der Waals surface area (Å²) in [6, 6.07) is 3.98. The molecular formula is C31H36Br2ClN3O3. The van der Waals surface area contributed by atoms with E-state index in [0.29, 0.717) is 36.4 Å². The summed E-state index contributed by atoms with van der Waals surface area (Å²) < 4.78 is 7.49. The lowest BCUT2D eigenvalue weighted by Gasteiger charge is -2.37. The third-order valence-corrected chi connectivity index (χ3v) is 9.29. The monoisotopic (exact) mass is 691 g/mol. The van der Waals surface area contributed by atoms with Gasteiger partial charge >= 0.3 is 6.09 Å². The average Bonchev–Trinajstić information content (AvgIpc) is 3.05. The number of dihydropyridines is 1. The Morgan fingerprint density at radius 2 is 1.70 bits per heavy atom. The first kappa shape index (κ1) is 29.5. The number of nitrogens with one attached hydrogen (secondary N) is 1. The maximum atomic E-state index is 13.3. The van der Waals surface area contributed by atoms with E-state index in [4.69, 9.17) is 16.3 Å². The summed E-state index contributed by atoms with van der Waals surface area (Å²) in [5, 5.41) is 4.23. The largest absolute Gasteiger partial charge is 0.444 e. The van der Waals surface area contributed by atoms with E-state index in [1.54, 1.807) is 4.90 Å². The number of fused-ring (bicyclic) bond motifs is 2. The van der Waals surface area contributed by atoms with Crippen LogP contribution >= 0.6 is 43.5 Å². The Bertz CT molecular complexity index is 1310. The molecule has 0 bridgehead atoms. The zero-order valence-corrected chi connectivity index (χ0v) is 27.2. The van der Waals surface area contributed by atoms with Crippen molar-refractivity contribution in [1.82, 2.24) is 15.1 Å². The maximum absolute atomic E-state index is 13.3. The van der Waals surface area contributed by atoms with Crippen molar-refractivity contribution in [3.8, 4) is 0 Å². The van der Waals surface area contributed by atoms with Crippen molar-refractivity contribution < 1.29 is 14.3 Å². The van der Waals surface area contributed by atoms with E-state index < -0.39 is 5.60 Å². The van der Waals surface area contributed by atoms with Crippen molar-refractivity contribution in [3.63, 3.8) is 0 Å². The summed E-state index contributed by atoms with van der Waals surface area (Å²) in [5.74, 6) is 0.832. The molecule has 4 aliphatic rings. The van der Waals surface area contributed by atoms with Crippen LogP contribution in [0.5, 0.6) is 0 Å². The van der Waals surface area contributed by atoms with Crippen LogP contribution in [0.25, 0.3) is 11.6 Å². The van der Waals surface area contributed by atoms with E-state index in [-0.39, 0.29) is 12.0 Å². The molecule has 5 rings (SSSR count). The van der Waals surface area contributed by atoms with Gasteiger partial charge in [0.05, 0.1) is 0 Å². The standard InChI is InChI=1S/C31H36Br2ClN3O3/c1-31(2,3)40-30(39)37-10-6-19(7-11-37)14-26(38)36-12-8-20(9-13-36)28-27-21(16-24(34)17-25(27)33)4-5-22-15-23(32)18-35-29(22)28/h4-5,15-20,35H,6-14H2,1-3H3. The molecule has 3 aliphatic heterocycles. The number of hydrogen-bond acceptors (Lipinski definition) is 4. The number of piperidine rings is 2. The highest BCUT2D eigenvalue weighted by atomic mass is 79.9. The van der Waals surface area contributed by atoms with Gasteiger partial charge < -0.3 is 19.9 Å². The van der Waals surface area contributed by atoms with E-state index in [1.165, 1.54) is 11.1 Å². The number of hydrogen-bond donors (Lipinski definition) is 1. The van der Waals surface area contributed by atoms with Gasteiger partial charge in [-0.3, -0.25) is 4.79 Å². The third-order valence-electron chi connectivity index (χ3n) is 7.99. The van der Waals surface area contributed by atoms with Gasteiger partial charge in [0.15, 0.2) is 0 Å². The van der Waals surface area contributed by atoms with E-state index in [0.717, 1.165) is 64.6 Å². The van der Waals surface area contributed by atoms with Gasteiger partial charge in [0.2, 0.25) is 5.91 Å². The number of nitrogens with zero attached hydrogens (tertiary/aromatic N) is 2. The van der Waals surface area contributed by atoms with Gasteiger partial charge in [-0.2, -0.15) is 0 Å². The minimum absolute atomic E-state index is 0.228. The zero-order valence-electron chi connectivity index (χ0n) is 23.2. The summed E-state index contributed by atoms with van der Waals surface area (Å²) in [6.07, 6.45) is 12.1. The minimum Gasteiger partial charge on any atom is -0.444 e.